The fraction of sp³-hybridized carbons (Fsp3) is 0.452. The second-order valence-electron chi connectivity index (χ2n) is 10.6. The number of aromatic nitrogens is 1. The minimum absolute atomic E-state index is 0.0488. The Balaban J connectivity index is 1.51. The van der Waals surface area contributed by atoms with Crippen LogP contribution in [-0.4, -0.2) is 59.0 Å². The van der Waals surface area contributed by atoms with Gasteiger partial charge in [0.2, 0.25) is 5.91 Å². The Hall–Kier alpha value is -3.45. The summed E-state index contributed by atoms with van der Waals surface area (Å²) in [4.78, 5) is 35.0. The van der Waals surface area contributed by atoms with E-state index in [0.29, 0.717) is 37.8 Å². The monoisotopic (exact) mass is 514 g/mol. The topological polar surface area (TPSA) is 74.8 Å². The minimum atomic E-state index is -0.438. The SMILES string of the molecule is CCN1CCN(Cc2c(-c3ccccc3)nc3ccccc3c2OC(=O)N[C@@H](C)C2CCCCC2)CC1=O. The number of carbonyl (C=O) groups is 2. The van der Waals surface area contributed by atoms with E-state index >= 15 is 0 Å². The molecule has 38 heavy (non-hydrogen) atoms. The highest BCUT2D eigenvalue weighted by Gasteiger charge is 2.28. The molecule has 1 saturated carbocycles. The summed E-state index contributed by atoms with van der Waals surface area (Å²) >= 11 is 0. The Morgan fingerprint density at radius 1 is 1.05 bits per heavy atom. The summed E-state index contributed by atoms with van der Waals surface area (Å²) in [6.07, 6.45) is 5.55. The first-order chi connectivity index (χ1) is 18.5. The van der Waals surface area contributed by atoms with Gasteiger partial charge in [-0.05, 0) is 44.7 Å². The number of carbonyl (C=O) groups excluding carboxylic acids is 2. The van der Waals surface area contributed by atoms with E-state index in [2.05, 4.69) is 17.1 Å². The van der Waals surface area contributed by atoms with E-state index in [1.165, 1.54) is 19.3 Å². The smallest absolute Gasteiger partial charge is 0.409 e. The number of pyridine rings is 1. The van der Waals surface area contributed by atoms with E-state index < -0.39 is 6.09 Å². The second kappa shape index (κ2) is 11.9. The normalized spacial score (nSPS) is 17.9. The van der Waals surface area contributed by atoms with Gasteiger partial charge in [0.25, 0.3) is 0 Å². The van der Waals surface area contributed by atoms with Crippen LogP contribution in [0, 0.1) is 5.92 Å². The molecule has 2 aliphatic rings. The van der Waals surface area contributed by atoms with Gasteiger partial charge in [-0.1, -0.05) is 61.7 Å². The Labute approximate surface area is 225 Å². The number of fused-ring (bicyclic) bond motifs is 1. The van der Waals surface area contributed by atoms with Gasteiger partial charge in [-0.2, -0.15) is 0 Å². The maximum atomic E-state index is 13.3. The summed E-state index contributed by atoms with van der Waals surface area (Å²) in [5, 5.41) is 3.91. The summed E-state index contributed by atoms with van der Waals surface area (Å²) in [5.41, 5.74) is 3.32. The van der Waals surface area contributed by atoms with Crippen LogP contribution in [0.1, 0.15) is 51.5 Å². The molecule has 7 nitrogen and oxygen atoms in total. The fourth-order valence-corrected chi connectivity index (χ4v) is 5.83. The number of hydrogen-bond acceptors (Lipinski definition) is 5. The van der Waals surface area contributed by atoms with Crippen molar-refractivity contribution in [1.29, 1.82) is 0 Å². The van der Waals surface area contributed by atoms with Crippen molar-refractivity contribution in [2.75, 3.05) is 26.2 Å². The fourth-order valence-electron chi connectivity index (χ4n) is 5.83. The molecule has 1 atom stereocenters. The molecule has 2 aromatic carbocycles. The molecule has 0 radical (unpaired) electrons. The van der Waals surface area contributed by atoms with Crippen LogP contribution in [0.25, 0.3) is 22.2 Å². The second-order valence-corrected chi connectivity index (χ2v) is 10.6. The lowest BCUT2D eigenvalue weighted by Crippen LogP contribution is -2.49. The number of para-hydroxylation sites is 1. The van der Waals surface area contributed by atoms with Crippen LogP contribution in [0.5, 0.6) is 5.75 Å². The van der Waals surface area contributed by atoms with E-state index in [0.717, 1.165) is 47.1 Å². The molecule has 3 aromatic rings. The van der Waals surface area contributed by atoms with Gasteiger partial charge >= 0.3 is 6.09 Å². The average molecular weight is 515 g/mol. The zero-order valence-corrected chi connectivity index (χ0v) is 22.5. The average Bonchev–Trinajstić information content (AvgIpc) is 2.95. The molecule has 7 heteroatoms. The van der Waals surface area contributed by atoms with Crippen molar-refractivity contribution in [2.24, 2.45) is 5.92 Å². The highest BCUT2D eigenvalue weighted by molar-refractivity contribution is 5.92. The lowest BCUT2D eigenvalue weighted by molar-refractivity contribution is -0.135. The quantitative estimate of drug-likeness (QED) is 0.443. The van der Waals surface area contributed by atoms with Crippen molar-refractivity contribution in [2.45, 2.75) is 58.5 Å². The Kier molecular flexibility index (Phi) is 8.23. The lowest BCUT2D eigenvalue weighted by atomic mass is 9.85. The van der Waals surface area contributed by atoms with Gasteiger partial charge in [-0.15, -0.1) is 0 Å². The maximum Gasteiger partial charge on any atom is 0.412 e. The largest absolute Gasteiger partial charge is 0.412 e. The number of benzene rings is 2. The summed E-state index contributed by atoms with van der Waals surface area (Å²) in [7, 11) is 0. The van der Waals surface area contributed by atoms with Crippen LogP contribution in [0.15, 0.2) is 54.6 Å². The Bertz CT molecular complexity index is 1270. The molecule has 1 N–H and O–H groups in total. The lowest BCUT2D eigenvalue weighted by Gasteiger charge is -2.34. The number of likely N-dealkylation sites (N-methyl/N-ethyl adjacent to an activating group) is 1. The van der Waals surface area contributed by atoms with E-state index in [1.54, 1.807) is 0 Å². The van der Waals surface area contributed by atoms with E-state index in [4.69, 9.17) is 9.72 Å². The van der Waals surface area contributed by atoms with Gasteiger partial charge in [0, 0.05) is 48.7 Å². The van der Waals surface area contributed by atoms with Crippen molar-refractivity contribution in [3.63, 3.8) is 0 Å². The maximum absolute atomic E-state index is 13.3. The molecule has 0 bridgehead atoms. The number of nitrogens with zero attached hydrogens (tertiary/aromatic N) is 3. The molecule has 200 valence electrons. The molecule has 2 fully saturated rings. The van der Waals surface area contributed by atoms with E-state index in [9.17, 15) is 9.59 Å². The van der Waals surface area contributed by atoms with E-state index in [-0.39, 0.29) is 11.9 Å². The first-order valence-electron chi connectivity index (χ1n) is 14.0. The third-order valence-electron chi connectivity index (χ3n) is 8.05. The third-order valence-corrected chi connectivity index (χ3v) is 8.05. The molecule has 2 amide bonds. The molecule has 1 saturated heterocycles. The van der Waals surface area contributed by atoms with Gasteiger partial charge in [0.05, 0.1) is 17.8 Å². The standard InChI is InChI=1S/C31H38N4O3/c1-3-35-19-18-34(21-28(35)36)20-26-29(24-14-8-5-9-15-24)33-27-17-11-10-16-25(27)30(26)38-31(37)32-22(2)23-12-6-4-7-13-23/h5,8-11,14-17,22-23H,3-4,6-7,12-13,18-21H2,1-2H3,(H,32,37)/t22-/m0/s1. The highest BCUT2D eigenvalue weighted by atomic mass is 16.6. The number of amides is 2. The molecule has 1 aliphatic carbocycles. The first kappa shape index (κ1) is 26.2. The highest BCUT2D eigenvalue weighted by Crippen LogP contribution is 2.37. The molecule has 0 unspecified atom stereocenters. The molecule has 2 heterocycles. The van der Waals surface area contributed by atoms with Crippen molar-refractivity contribution in [1.82, 2.24) is 20.1 Å². The predicted octanol–water partition coefficient (Wildman–Crippen LogP) is 5.62. The molecular formula is C31H38N4O3. The van der Waals surface area contributed by atoms with Crippen LogP contribution >= 0.6 is 0 Å². The zero-order valence-electron chi connectivity index (χ0n) is 22.5. The molecule has 1 aliphatic heterocycles. The first-order valence-corrected chi connectivity index (χ1v) is 14.0. The van der Waals surface area contributed by atoms with Gasteiger partial charge < -0.3 is 15.0 Å². The number of ether oxygens (including phenoxy) is 1. The minimum Gasteiger partial charge on any atom is -0.409 e. The number of hydrogen-bond donors (Lipinski definition) is 1. The van der Waals surface area contributed by atoms with Crippen LogP contribution in [0.4, 0.5) is 4.79 Å². The van der Waals surface area contributed by atoms with Gasteiger partial charge in [-0.3, -0.25) is 9.69 Å². The van der Waals surface area contributed by atoms with Crippen molar-refractivity contribution < 1.29 is 14.3 Å². The molecule has 5 rings (SSSR count). The van der Waals surface area contributed by atoms with Gasteiger partial charge in [0.1, 0.15) is 5.75 Å². The van der Waals surface area contributed by atoms with Crippen LogP contribution in [0.3, 0.4) is 0 Å². The summed E-state index contributed by atoms with van der Waals surface area (Å²) in [6, 6.07) is 17.8. The van der Waals surface area contributed by atoms with Crippen molar-refractivity contribution >= 4 is 22.9 Å². The summed E-state index contributed by atoms with van der Waals surface area (Å²) < 4.78 is 6.18. The number of rotatable bonds is 7. The van der Waals surface area contributed by atoms with Gasteiger partial charge in [-0.25, -0.2) is 9.78 Å². The van der Waals surface area contributed by atoms with Crippen LogP contribution in [-0.2, 0) is 11.3 Å². The number of piperazine rings is 1. The van der Waals surface area contributed by atoms with Gasteiger partial charge in [0.15, 0.2) is 0 Å². The Morgan fingerprint density at radius 2 is 1.79 bits per heavy atom. The molecule has 0 spiro atoms. The third kappa shape index (κ3) is 5.83. The summed E-state index contributed by atoms with van der Waals surface area (Å²) in [5.74, 6) is 1.12. The van der Waals surface area contributed by atoms with Crippen molar-refractivity contribution in [3.05, 3.63) is 60.2 Å². The zero-order chi connectivity index (χ0) is 26.5. The van der Waals surface area contributed by atoms with Crippen LogP contribution in [0.2, 0.25) is 0 Å². The molecule has 1 aromatic heterocycles. The predicted molar refractivity (Wildman–Crippen MR) is 150 cm³/mol. The summed E-state index contributed by atoms with van der Waals surface area (Å²) in [6.45, 7) is 7.04. The Morgan fingerprint density at radius 3 is 2.53 bits per heavy atom. The molecular weight excluding hydrogens is 476 g/mol. The van der Waals surface area contributed by atoms with Crippen molar-refractivity contribution in [3.8, 4) is 17.0 Å². The number of nitrogens with one attached hydrogen (secondary N) is 1. The van der Waals surface area contributed by atoms with Crippen LogP contribution < -0.4 is 10.1 Å². The van der Waals surface area contributed by atoms with E-state index in [1.807, 2.05) is 66.4 Å².